The number of nitrogens with two attached hydrogens (primary N) is 1. The van der Waals surface area contributed by atoms with Crippen molar-refractivity contribution in [2.45, 2.75) is 0 Å². The number of hydroxylamine groups is 1. The fourth-order valence-corrected chi connectivity index (χ4v) is 0.939. The van der Waals surface area contributed by atoms with Gasteiger partial charge in [-0.15, -0.1) is 5.10 Å². The summed E-state index contributed by atoms with van der Waals surface area (Å²) in [6, 6.07) is 4.66. The van der Waals surface area contributed by atoms with Gasteiger partial charge in [-0.05, 0) is 18.2 Å². The van der Waals surface area contributed by atoms with Gasteiger partial charge in [0.05, 0.1) is 13.3 Å². The van der Waals surface area contributed by atoms with Gasteiger partial charge in [0.25, 0.3) is 0 Å². The molecule has 5 N–H and O–H groups in total. The van der Waals surface area contributed by atoms with Gasteiger partial charge in [-0.1, -0.05) is 0 Å². The first-order valence-corrected chi connectivity index (χ1v) is 4.31. The lowest BCUT2D eigenvalue weighted by atomic mass is 10.2. The molecule has 7 nitrogen and oxygen atoms in total. The van der Waals surface area contributed by atoms with Crippen LogP contribution in [0.25, 0.3) is 0 Å². The van der Waals surface area contributed by atoms with Gasteiger partial charge in [0.1, 0.15) is 11.5 Å². The topological polar surface area (TPSA) is 112 Å². The lowest BCUT2D eigenvalue weighted by Gasteiger charge is -2.02. The molecule has 1 aromatic carbocycles. The van der Waals surface area contributed by atoms with E-state index in [-0.39, 0.29) is 11.7 Å². The number of benzene rings is 1. The second-order valence-electron chi connectivity index (χ2n) is 2.77. The summed E-state index contributed by atoms with van der Waals surface area (Å²) in [7, 11) is 1.51. The third-order valence-corrected chi connectivity index (χ3v) is 1.71. The number of hydrogen-bond donors (Lipinski definition) is 4. The van der Waals surface area contributed by atoms with Gasteiger partial charge in [-0.3, -0.25) is 5.21 Å². The summed E-state index contributed by atoms with van der Waals surface area (Å²) in [5, 5.41) is 24.7. The second kappa shape index (κ2) is 5.56. The molecule has 0 fully saturated rings. The number of nitrogens with zero attached hydrogens (tertiary/aromatic N) is 2. The lowest BCUT2D eigenvalue weighted by molar-refractivity contribution is 0.232. The molecule has 0 saturated heterocycles. The zero-order valence-electron chi connectivity index (χ0n) is 8.58. The predicted octanol–water partition coefficient (Wildman–Crippen LogP) is 0.0282. The molecule has 7 heteroatoms. The van der Waals surface area contributed by atoms with E-state index in [0.29, 0.717) is 11.3 Å². The average Bonchev–Trinajstić information content (AvgIpc) is 2.31. The number of rotatable bonds is 3. The molecule has 0 aliphatic carbocycles. The van der Waals surface area contributed by atoms with Crippen LogP contribution < -0.4 is 16.0 Å². The maximum absolute atomic E-state index is 9.46. The number of ether oxygens (including phenoxy) is 1. The lowest BCUT2D eigenvalue weighted by Crippen LogP contribution is -2.27. The Labute approximate surface area is 91.8 Å². The summed E-state index contributed by atoms with van der Waals surface area (Å²) in [4.78, 5) is 0. The van der Waals surface area contributed by atoms with Gasteiger partial charge in [-0.2, -0.15) is 5.10 Å². The van der Waals surface area contributed by atoms with Crippen LogP contribution in [-0.2, 0) is 0 Å². The molecule has 0 heterocycles. The van der Waals surface area contributed by atoms with E-state index in [1.54, 1.807) is 17.6 Å². The van der Waals surface area contributed by atoms with Gasteiger partial charge < -0.3 is 15.6 Å². The van der Waals surface area contributed by atoms with Crippen LogP contribution in [0.1, 0.15) is 5.56 Å². The first-order chi connectivity index (χ1) is 7.67. The molecule has 0 spiro atoms. The first kappa shape index (κ1) is 11.8. The standard InChI is InChI=1S/C9H12N4O3/c1-16-7-2-3-8(14)6(4-7)5-11-12-9(10)13-15/h2-5,14-15H,1H3,(H3,10,12,13)/b11-5+. The fraction of sp³-hybridized carbons (Fsp3) is 0.111. The van der Waals surface area contributed by atoms with Crippen molar-refractivity contribution in [2.75, 3.05) is 7.11 Å². The molecule has 1 aromatic rings. The summed E-state index contributed by atoms with van der Waals surface area (Å²) in [6.45, 7) is 0. The molecule has 0 atom stereocenters. The molecule has 0 saturated carbocycles. The number of aromatic hydroxyl groups is 1. The zero-order chi connectivity index (χ0) is 12.0. The van der Waals surface area contributed by atoms with Crippen LogP contribution in [0.15, 0.2) is 28.4 Å². The van der Waals surface area contributed by atoms with Crippen molar-refractivity contribution in [2.24, 2.45) is 15.9 Å². The van der Waals surface area contributed by atoms with Crippen molar-refractivity contribution in [3.63, 3.8) is 0 Å². The van der Waals surface area contributed by atoms with Gasteiger partial charge in [-0.25, -0.2) is 5.48 Å². The minimum absolute atomic E-state index is 0.0373. The molecule has 0 aliphatic rings. The van der Waals surface area contributed by atoms with Crippen molar-refractivity contribution >= 4 is 12.2 Å². The smallest absolute Gasteiger partial charge is 0.237 e. The quantitative estimate of drug-likeness (QED) is 0.328. The summed E-state index contributed by atoms with van der Waals surface area (Å²) in [5.41, 5.74) is 7.16. The number of hydrogen-bond acceptors (Lipinski definition) is 5. The van der Waals surface area contributed by atoms with Crippen LogP contribution >= 0.6 is 0 Å². The van der Waals surface area contributed by atoms with Crippen molar-refractivity contribution in [1.29, 1.82) is 0 Å². The van der Waals surface area contributed by atoms with Crippen molar-refractivity contribution in [3.05, 3.63) is 23.8 Å². The molecular weight excluding hydrogens is 212 g/mol. The molecule has 0 aromatic heterocycles. The molecule has 0 amide bonds. The van der Waals surface area contributed by atoms with E-state index in [0.717, 1.165) is 0 Å². The Morgan fingerprint density at radius 3 is 2.94 bits per heavy atom. The van der Waals surface area contributed by atoms with Crippen molar-refractivity contribution in [1.82, 2.24) is 5.48 Å². The largest absolute Gasteiger partial charge is 0.507 e. The van der Waals surface area contributed by atoms with Crippen LogP contribution in [0.3, 0.4) is 0 Å². The van der Waals surface area contributed by atoms with E-state index in [1.165, 1.54) is 19.4 Å². The molecule has 0 radical (unpaired) electrons. The number of phenolic OH excluding ortho intramolecular Hbond substituents is 1. The predicted molar refractivity (Wildman–Crippen MR) is 58.8 cm³/mol. The van der Waals surface area contributed by atoms with E-state index in [9.17, 15) is 5.11 Å². The van der Waals surface area contributed by atoms with Crippen molar-refractivity contribution < 1.29 is 15.1 Å². The maximum Gasteiger partial charge on any atom is 0.237 e. The average molecular weight is 224 g/mol. The fourth-order valence-electron chi connectivity index (χ4n) is 0.939. The van der Waals surface area contributed by atoms with E-state index in [4.69, 9.17) is 15.7 Å². The second-order valence-corrected chi connectivity index (χ2v) is 2.77. The van der Waals surface area contributed by atoms with Crippen molar-refractivity contribution in [3.8, 4) is 11.5 Å². The van der Waals surface area contributed by atoms with Gasteiger partial charge in [0, 0.05) is 5.56 Å². The maximum atomic E-state index is 9.46. The highest BCUT2D eigenvalue weighted by Gasteiger charge is 1.99. The Bertz CT molecular complexity index is 417. The Hall–Kier alpha value is -2.28. The minimum Gasteiger partial charge on any atom is -0.507 e. The molecule has 16 heavy (non-hydrogen) atoms. The number of nitrogens with one attached hydrogen (secondary N) is 1. The minimum atomic E-state index is -0.251. The molecule has 1 rings (SSSR count). The highest BCUT2D eigenvalue weighted by molar-refractivity contribution is 5.85. The van der Waals surface area contributed by atoms with Crippen LogP contribution in [0.2, 0.25) is 0 Å². The van der Waals surface area contributed by atoms with Crippen LogP contribution in [-0.4, -0.2) is 29.6 Å². The summed E-state index contributed by atoms with van der Waals surface area (Å²) in [6.07, 6.45) is 1.28. The number of methoxy groups -OCH3 is 1. The summed E-state index contributed by atoms with van der Waals surface area (Å²) in [5.74, 6) is 0.366. The monoisotopic (exact) mass is 224 g/mol. The molecule has 86 valence electrons. The van der Waals surface area contributed by atoms with Gasteiger partial charge >= 0.3 is 0 Å². The first-order valence-electron chi connectivity index (χ1n) is 4.31. The zero-order valence-corrected chi connectivity index (χ0v) is 8.58. The Morgan fingerprint density at radius 2 is 2.31 bits per heavy atom. The SMILES string of the molecule is COc1ccc(O)c(/C=N/N=C(N)NO)c1. The van der Waals surface area contributed by atoms with E-state index < -0.39 is 0 Å². The number of guanidine groups is 1. The normalized spacial score (nSPS) is 11.8. The van der Waals surface area contributed by atoms with Gasteiger partial charge in [0.2, 0.25) is 5.96 Å². The van der Waals surface area contributed by atoms with E-state index in [2.05, 4.69) is 10.2 Å². The molecular formula is C9H12N4O3. The third kappa shape index (κ3) is 3.14. The van der Waals surface area contributed by atoms with E-state index in [1.807, 2.05) is 0 Å². The third-order valence-electron chi connectivity index (χ3n) is 1.71. The number of phenols is 1. The van der Waals surface area contributed by atoms with E-state index >= 15 is 0 Å². The Balaban J connectivity index is 2.87. The molecule has 0 bridgehead atoms. The summed E-state index contributed by atoms with van der Waals surface area (Å²) >= 11 is 0. The highest BCUT2D eigenvalue weighted by atomic mass is 16.5. The summed E-state index contributed by atoms with van der Waals surface area (Å²) < 4.78 is 4.97. The van der Waals surface area contributed by atoms with Crippen LogP contribution in [0, 0.1) is 0 Å². The Kier molecular flexibility index (Phi) is 4.10. The van der Waals surface area contributed by atoms with Gasteiger partial charge in [0.15, 0.2) is 0 Å². The molecule has 0 unspecified atom stereocenters. The Morgan fingerprint density at radius 1 is 1.56 bits per heavy atom. The highest BCUT2D eigenvalue weighted by Crippen LogP contribution is 2.20. The van der Waals surface area contributed by atoms with Crippen LogP contribution in [0.5, 0.6) is 11.5 Å². The molecule has 0 aliphatic heterocycles. The van der Waals surface area contributed by atoms with Crippen LogP contribution in [0.4, 0.5) is 0 Å².